The van der Waals surface area contributed by atoms with Crippen molar-refractivity contribution in [2.75, 3.05) is 5.32 Å². The van der Waals surface area contributed by atoms with Gasteiger partial charge in [-0.15, -0.1) is 0 Å². The molecule has 7 heteroatoms. The van der Waals surface area contributed by atoms with E-state index in [2.05, 4.69) is 12.2 Å². The average molecular weight is 479 g/mol. The van der Waals surface area contributed by atoms with Crippen molar-refractivity contribution in [2.45, 2.75) is 43.4 Å². The number of carbonyl (C=O) groups is 1. The molecule has 0 aliphatic heterocycles. The van der Waals surface area contributed by atoms with E-state index in [0.29, 0.717) is 22.2 Å². The normalized spacial score (nSPS) is 11.6. The highest BCUT2D eigenvalue weighted by Crippen LogP contribution is 2.28. The molecule has 4 rings (SSSR count). The molecule has 0 radical (unpaired) electrons. The van der Waals surface area contributed by atoms with E-state index in [1.807, 2.05) is 30.3 Å². The second-order valence-corrected chi connectivity index (χ2v) is 10.3. The lowest BCUT2D eigenvalue weighted by Crippen LogP contribution is -2.18. The Morgan fingerprint density at radius 2 is 1.62 bits per heavy atom. The third kappa shape index (κ3) is 5.54. The molecule has 0 aliphatic rings. The van der Waals surface area contributed by atoms with Crippen LogP contribution >= 0.6 is 0 Å². The van der Waals surface area contributed by atoms with Gasteiger partial charge in [0.05, 0.1) is 10.6 Å². The van der Waals surface area contributed by atoms with Gasteiger partial charge in [-0.2, -0.15) is 0 Å². The van der Waals surface area contributed by atoms with E-state index in [1.165, 1.54) is 36.0 Å². The summed E-state index contributed by atoms with van der Waals surface area (Å²) >= 11 is 0. The lowest BCUT2D eigenvalue weighted by atomic mass is 10.1. The van der Waals surface area contributed by atoms with Gasteiger partial charge in [0.2, 0.25) is 5.91 Å². The van der Waals surface area contributed by atoms with E-state index in [1.54, 1.807) is 22.8 Å². The number of carbonyl (C=O) groups excluding carboxylic acids is 1. The molecule has 176 valence electrons. The molecule has 1 amide bonds. The number of fused-ring (bicyclic) bond motifs is 1. The monoisotopic (exact) mass is 478 g/mol. The summed E-state index contributed by atoms with van der Waals surface area (Å²) in [7, 11) is -3.71. The Kier molecular flexibility index (Phi) is 7.12. The smallest absolute Gasteiger partial charge is 0.244 e. The second-order valence-electron chi connectivity index (χ2n) is 8.37. The third-order valence-electron chi connectivity index (χ3n) is 5.73. The number of benzene rings is 3. The minimum absolute atomic E-state index is 0.0236. The highest BCUT2D eigenvalue weighted by atomic mass is 32.2. The molecule has 0 aliphatic carbocycles. The van der Waals surface area contributed by atoms with E-state index in [-0.39, 0.29) is 23.1 Å². The number of anilines is 1. The number of nitrogens with one attached hydrogen (secondary N) is 1. The summed E-state index contributed by atoms with van der Waals surface area (Å²) in [6.45, 7) is 2.13. The summed E-state index contributed by atoms with van der Waals surface area (Å²) in [6, 6.07) is 20.3. The van der Waals surface area contributed by atoms with E-state index < -0.39 is 15.7 Å². The van der Waals surface area contributed by atoms with Crippen LogP contribution in [0.1, 0.15) is 30.9 Å². The van der Waals surface area contributed by atoms with Crippen molar-refractivity contribution in [1.29, 1.82) is 0 Å². The molecular weight excluding hydrogens is 451 g/mol. The minimum Gasteiger partial charge on any atom is -0.337 e. The van der Waals surface area contributed by atoms with Crippen molar-refractivity contribution in [3.63, 3.8) is 0 Å². The van der Waals surface area contributed by atoms with Crippen LogP contribution in [0.5, 0.6) is 0 Å². The molecule has 1 heterocycles. The highest BCUT2D eigenvalue weighted by Gasteiger charge is 2.22. The fraction of sp³-hybridized carbons (Fsp3) is 0.222. The Bertz CT molecular complexity index is 1390. The van der Waals surface area contributed by atoms with Crippen LogP contribution in [0.25, 0.3) is 10.9 Å². The number of hydrogen-bond acceptors (Lipinski definition) is 3. The van der Waals surface area contributed by atoms with Gasteiger partial charge in [0.15, 0.2) is 9.84 Å². The van der Waals surface area contributed by atoms with Gasteiger partial charge in [-0.3, -0.25) is 4.79 Å². The molecule has 1 N–H and O–H groups in total. The van der Waals surface area contributed by atoms with E-state index >= 15 is 0 Å². The number of para-hydroxylation sites is 1. The highest BCUT2D eigenvalue weighted by molar-refractivity contribution is 7.90. The topological polar surface area (TPSA) is 68.2 Å². The predicted octanol–water partition coefficient (Wildman–Crippen LogP) is 5.74. The molecule has 0 unspecified atom stereocenters. The van der Waals surface area contributed by atoms with Gasteiger partial charge in [0.1, 0.15) is 12.4 Å². The third-order valence-corrected chi connectivity index (χ3v) is 7.44. The minimum atomic E-state index is -3.71. The fourth-order valence-electron chi connectivity index (χ4n) is 3.96. The summed E-state index contributed by atoms with van der Waals surface area (Å²) in [6.07, 6.45) is 4.77. The summed E-state index contributed by atoms with van der Waals surface area (Å²) < 4.78 is 41.2. The number of halogens is 1. The molecule has 0 saturated heterocycles. The van der Waals surface area contributed by atoms with Crippen LogP contribution in [-0.2, 0) is 33.4 Å². The average Bonchev–Trinajstić information content (AvgIpc) is 3.19. The largest absolute Gasteiger partial charge is 0.337 e. The van der Waals surface area contributed by atoms with E-state index in [0.717, 1.165) is 19.3 Å². The number of hydrogen-bond donors (Lipinski definition) is 1. The Labute approximate surface area is 199 Å². The predicted molar refractivity (Wildman–Crippen MR) is 133 cm³/mol. The molecule has 3 aromatic carbocycles. The first kappa shape index (κ1) is 23.7. The maximum absolute atomic E-state index is 13.2. The molecule has 5 nitrogen and oxygen atoms in total. The lowest BCUT2D eigenvalue weighted by Gasteiger charge is -2.08. The van der Waals surface area contributed by atoms with Crippen molar-refractivity contribution in [2.24, 2.45) is 0 Å². The lowest BCUT2D eigenvalue weighted by molar-refractivity contribution is -0.116. The zero-order valence-corrected chi connectivity index (χ0v) is 19.8. The van der Waals surface area contributed by atoms with Crippen molar-refractivity contribution in [3.05, 3.63) is 95.9 Å². The van der Waals surface area contributed by atoms with Crippen molar-refractivity contribution in [1.82, 2.24) is 4.57 Å². The zero-order chi connectivity index (χ0) is 24.1. The van der Waals surface area contributed by atoms with Gasteiger partial charge in [-0.05, 0) is 54.3 Å². The van der Waals surface area contributed by atoms with Crippen molar-refractivity contribution in [3.8, 4) is 0 Å². The summed E-state index contributed by atoms with van der Waals surface area (Å²) in [5.74, 6) is -0.915. The summed E-state index contributed by atoms with van der Waals surface area (Å²) in [4.78, 5) is 12.9. The van der Waals surface area contributed by atoms with Crippen LogP contribution in [0.15, 0.2) is 83.9 Å². The molecule has 0 atom stereocenters. The Morgan fingerprint density at radius 3 is 2.32 bits per heavy atom. The SMILES string of the molecule is CCCCc1ccc(NC(=O)Cn2cc(S(=O)(=O)Cc3ccc(F)cc3)c3ccccc32)cc1. The number of amides is 1. The van der Waals surface area contributed by atoms with Crippen LogP contribution < -0.4 is 5.32 Å². The Hall–Kier alpha value is -3.45. The number of unbranched alkanes of at least 4 members (excludes halogenated alkanes) is 1. The molecule has 1 aromatic heterocycles. The van der Waals surface area contributed by atoms with Crippen molar-refractivity contribution < 1.29 is 17.6 Å². The van der Waals surface area contributed by atoms with Gasteiger partial charge in [-0.1, -0.05) is 55.8 Å². The molecular formula is C27H27FN2O3S. The van der Waals surface area contributed by atoms with Crippen LogP contribution in [-0.4, -0.2) is 18.9 Å². The van der Waals surface area contributed by atoms with Gasteiger partial charge < -0.3 is 9.88 Å². The van der Waals surface area contributed by atoms with Gasteiger partial charge in [0, 0.05) is 22.8 Å². The quantitative estimate of drug-likeness (QED) is 0.334. The standard InChI is InChI=1S/C27H27FN2O3S/c1-2-3-6-20-11-15-23(16-12-20)29-27(31)18-30-17-26(24-7-4-5-8-25(24)30)34(32,33)19-21-9-13-22(28)14-10-21/h4-5,7-17H,2-3,6,18-19H2,1H3,(H,29,31). The van der Waals surface area contributed by atoms with Gasteiger partial charge in [-0.25, -0.2) is 12.8 Å². The first-order valence-electron chi connectivity index (χ1n) is 11.3. The summed E-state index contributed by atoms with van der Waals surface area (Å²) in [5, 5.41) is 3.44. The van der Waals surface area contributed by atoms with Crippen LogP contribution in [0.2, 0.25) is 0 Å². The molecule has 34 heavy (non-hydrogen) atoms. The fourth-order valence-corrected chi connectivity index (χ4v) is 5.54. The molecule has 0 saturated carbocycles. The first-order valence-corrected chi connectivity index (χ1v) is 12.9. The number of aryl methyl sites for hydroxylation is 1. The zero-order valence-electron chi connectivity index (χ0n) is 19.0. The molecule has 4 aromatic rings. The molecule has 0 fully saturated rings. The van der Waals surface area contributed by atoms with Crippen molar-refractivity contribution >= 4 is 32.3 Å². The number of sulfone groups is 1. The van der Waals surface area contributed by atoms with Crippen LogP contribution in [0, 0.1) is 5.82 Å². The van der Waals surface area contributed by atoms with Gasteiger partial charge in [0.25, 0.3) is 0 Å². The maximum Gasteiger partial charge on any atom is 0.244 e. The molecule has 0 spiro atoms. The van der Waals surface area contributed by atoms with Crippen LogP contribution in [0.4, 0.5) is 10.1 Å². The van der Waals surface area contributed by atoms with Gasteiger partial charge >= 0.3 is 0 Å². The number of nitrogens with zero attached hydrogens (tertiary/aromatic N) is 1. The maximum atomic E-state index is 13.2. The molecule has 0 bridgehead atoms. The summed E-state index contributed by atoms with van der Waals surface area (Å²) in [5.41, 5.74) is 3.08. The van der Waals surface area contributed by atoms with E-state index in [9.17, 15) is 17.6 Å². The Balaban J connectivity index is 1.54. The first-order chi connectivity index (χ1) is 16.4. The Morgan fingerprint density at radius 1 is 0.941 bits per heavy atom. The number of aromatic nitrogens is 1. The van der Waals surface area contributed by atoms with E-state index in [4.69, 9.17) is 0 Å². The van der Waals surface area contributed by atoms with Crippen LogP contribution in [0.3, 0.4) is 0 Å². The second kappa shape index (κ2) is 10.2. The number of rotatable bonds is 9.